The van der Waals surface area contributed by atoms with Crippen LogP contribution in [0.15, 0.2) is 42.7 Å². The molecule has 0 saturated carbocycles. The third kappa shape index (κ3) is 2.51. The molecule has 0 spiro atoms. The second-order valence-electron chi connectivity index (χ2n) is 5.33. The van der Waals surface area contributed by atoms with Gasteiger partial charge in [0.1, 0.15) is 0 Å². The van der Waals surface area contributed by atoms with Crippen LogP contribution in [0, 0.1) is 0 Å². The second kappa shape index (κ2) is 5.55. The maximum atomic E-state index is 12.4. The van der Waals surface area contributed by atoms with Gasteiger partial charge in [-0.25, -0.2) is 0 Å². The molecule has 1 aliphatic heterocycles. The molecule has 0 aliphatic carbocycles. The maximum Gasteiger partial charge on any atom is 0.265 e. The number of ether oxygens (including phenoxy) is 1. The lowest BCUT2D eigenvalue weighted by atomic mass is 10.2. The zero-order valence-electron chi connectivity index (χ0n) is 11.9. The number of carbonyl (C=O) groups is 1. The van der Waals surface area contributed by atoms with Gasteiger partial charge in [-0.05, 0) is 23.9 Å². The molecule has 4 rings (SSSR count). The number of carbonyl (C=O) groups excluding carboxylic acids is 1. The van der Waals surface area contributed by atoms with Crippen molar-refractivity contribution in [2.24, 2.45) is 0 Å². The topological polar surface area (TPSA) is 56.2 Å². The number of hydrogen-bond donors (Lipinski definition) is 1. The number of hydrogen-bond acceptors (Lipinski definition) is 4. The van der Waals surface area contributed by atoms with E-state index in [1.165, 1.54) is 11.3 Å². The summed E-state index contributed by atoms with van der Waals surface area (Å²) in [4.78, 5) is 13.1. The molecule has 3 heterocycles. The van der Waals surface area contributed by atoms with E-state index in [1.54, 1.807) is 6.20 Å². The Bertz CT molecular complexity index is 785. The predicted molar refractivity (Wildman–Crippen MR) is 86.5 cm³/mol. The molecular formula is C16H15N3O2S. The monoisotopic (exact) mass is 313 g/mol. The molecule has 1 fully saturated rings. The lowest BCUT2D eigenvalue weighted by Crippen LogP contribution is -2.10. The summed E-state index contributed by atoms with van der Waals surface area (Å²) in [5.41, 5.74) is 0.717. The van der Waals surface area contributed by atoms with E-state index >= 15 is 0 Å². The molecule has 1 aromatic carbocycles. The molecule has 1 amide bonds. The number of thiophene rings is 1. The largest absolute Gasteiger partial charge is 0.379 e. The second-order valence-corrected chi connectivity index (χ2v) is 6.41. The number of fused-ring (bicyclic) bond motifs is 1. The number of nitrogens with one attached hydrogen (secondary N) is 1. The summed E-state index contributed by atoms with van der Waals surface area (Å²) in [5, 5.41) is 8.32. The number of nitrogens with zero attached hydrogens (tertiary/aromatic N) is 2. The summed E-state index contributed by atoms with van der Waals surface area (Å²) >= 11 is 1.50. The highest BCUT2D eigenvalue weighted by atomic mass is 32.1. The van der Waals surface area contributed by atoms with Crippen LogP contribution in [0.2, 0.25) is 0 Å². The van der Waals surface area contributed by atoms with Gasteiger partial charge in [-0.2, -0.15) is 5.10 Å². The Kier molecular flexibility index (Phi) is 3.40. The van der Waals surface area contributed by atoms with Crippen LogP contribution in [0.4, 0.5) is 5.69 Å². The van der Waals surface area contributed by atoms with Gasteiger partial charge in [0, 0.05) is 17.5 Å². The van der Waals surface area contributed by atoms with Gasteiger partial charge in [-0.3, -0.25) is 9.48 Å². The van der Waals surface area contributed by atoms with Gasteiger partial charge in [-0.1, -0.05) is 18.2 Å². The maximum absolute atomic E-state index is 12.4. The molecule has 1 atom stereocenters. The molecule has 1 aliphatic rings. The number of amides is 1. The van der Waals surface area contributed by atoms with Crippen molar-refractivity contribution >= 4 is 33.0 Å². The molecule has 112 valence electrons. The summed E-state index contributed by atoms with van der Waals surface area (Å²) in [6, 6.07) is 10.2. The number of aromatic nitrogens is 2. The quantitative estimate of drug-likeness (QED) is 0.807. The van der Waals surface area contributed by atoms with E-state index in [4.69, 9.17) is 4.74 Å². The van der Waals surface area contributed by atoms with Crippen molar-refractivity contribution in [3.8, 4) is 0 Å². The molecule has 0 unspecified atom stereocenters. The van der Waals surface area contributed by atoms with Crippen LogP contribution in [0.25, 0.3) is 10.1 Å². The summed E-state index contributed by atoms with van der Waals surface area (Å²) in [6.45, 7) is 1.46. The zero-order chi connectivity index (χ0) is 14.9. The summed E-state index contributed by atoms with van der Waals surface area (Å²) in [7, 11) is 0. The molecule has 0 radical (unpaired) electrons. The first-order valence-electron chi connectivity index (χ1n) is 7.21. The van der Waals surface area contributed by atoms with Gasteiger partial charge in [0.2, 0.25) is 0 Å². The van der Waals surface area contributed by atoms with E-state index in [9.17, 15) is 4.79 Å². The smallest absolute Gasteiger partial charge is 0.265 e. The van der Waals surface area contributed by atoms with Gasteiger partial charge >= 0.3 is 0 Å². The molecular weight excluding hydrogens is 298 g/mol. The fraction of sp³-hybridized carbons (Fsp3) is 0.250. The van der Waals surface area contributed by atoms with Gasteiger partial charge in [0.25, 0.3) is 5.91 Å². The molecule has 3 aromatic rings. The Hall–Kier alpha value is -2.18. The molecule has 6 heteroatoms. The van der Waals surface area contributed by atoms with Gasteiger partial charge < -0.3 is 10.1 Å². The fourth-order valence-electron chi connectivity index (χ4n) is 2.62. The van der Waals surface area contributed by atoms with Crippen LogP contribution >= 0.6 is 11.3 Å². The van der Waals surface area contributed by atoms with Gasteiger partial charge in [0.05, 0.1) is 29.4 Å². The Balaban J connectivity index is 1.51. The van der Waals surface area contributed by atoms with Crippen LogP contribution in [0.1, 0.15) is 22.1 Å². The third-order valence-electron chi connectivity index (χ3n) is 3.79. The Morgan fingerprint density at radius 3 is 3.14 bits per heavy atom. The van der Waals surface area contributed by atoms with Gasteiger partial charge in [-0.15, -0.1) is 11.3 Å². The Labute approximate surface area is 131 Å². The minimum absolute atomic E-state index is 0.0941. The van der Waals surface area contributed by atoms with Crippen molar-refractivity contribution in [2.75, 3.05) is 18.5 Å². The first-order chi connectivity index (χ1) is 10.8. The molecule has 5 nitrogen and oxygen atoms in total. The van der Waals surface area contributed by atoms with Crippen LogP contribution in [-0.4, -0.2) is 28.9 Å². The first kappa shape index (κ1) is 13.5. The van der Waals surface area contributed by atoms with E-state index in [0.717, 1.165) is 23.1 Å². The van der Waals surface area contributed by atoms with Crippen LogP contribution in [0.3, 0.4) is 0 Å². The first-order valence-corrected chi connectivity index (χ1v) is 8.03. The van der Waals surface area contributed by atoms with Crippen molar-refractivity contribution in [1.82, 2.24) is 9.78 Å². The SMILES string of the molecule is O=C(Nc1cnn([C@H]2CCOC2)c1)c1cc2ccccc2s1. The molecule has 2 aromatic heterocycles. The van der Waals surface area contributed by atoms with Crippen LogP contribution < -0.4 is 5.32 Å². The lowest BCUT2D eigenvalue weighted by molar-refractivity contribution is 0.103. The zero-order valence-corrected chi connectivity index (χ0v) is 12.7. The molecule has 22 heavy (non-hydrogen) atoms. The highest BCUT2D eigenvalue weighted by Gasteiger charge is 2.19. The third-order valence-corrected chi connectivity index (χ3v) is 4.90. The van der Waals surface area contributed by atoms with E-state index < -0.39 is 0 Å². The van der Waals surface area contributed by atoms with E-state index in [2.05, 4.69) is 10.4 Å². The molecule has 1 N–H and O–H groups in total. The van der Waals surface area contributed by atoms with Crippen LogP contribution in [0.5, 0.6) is 0 Å². The summed E-state index contributed by atoms with van der Waals surface area (Å²) in [6.07, 6.45) is 4.51. The lowest BCUT2D eigenvalue weighted by Gasteiger charge is -2.06. The predicted octanol–water partition coefficient (Wildman–Crippen LogP) is 3.31. The average molecular weight is 313 g/mol. The Morgan fingerprint density at radius 1 is 1.41 bits per heavy atom. The highest BCUT2D eigenvalue weighted by Crippen LogP contribution is 2.26. The van der Waals surface area contributed by atoms with E-state index in [1.807, 2.05) is 41.2 Å². The van der Waals surface area contributed by atoms with Crippen molar-refractivity contribution in [3.05, 3.63) is 47.6 Å². The number of benzene rings is 1. The highest BCUT2D eigenvalue weighted by molar-refractivity contribution is 7.20. The fourth-order valence-corrected chi connectivity index (χ4v) is 3.58. The van der Waals surface area contributed by atoms with Crippen LogP contribution in [-0.2, 0) is 4.74 Å². The van der Waals surface area contributed by atoms with Crippen molar-refractivity contribution in [2.45, 2.75) is 12.5 Å². The van der Waals surface area contributed by atoms with E-state index in [0.29, 0.717) is 17.2 Å². The summed E-state index contributed by atoms with van der Waals surface area (Å²) in [5.74, 6) is -0.0941. The van der Waals surface area contributed by atoms with Crippen molar-refractivity contribution in [3.63, 3.8) is 0 Å². The average Bonchev–Trinajstić information content (AvgIpc) is 3.26. The van der Waals surface area contributed by atoms with Gasteiger partial charge in [0.15, 0.2) is 0 Å². The minimum Gasteiger partial charge on any atom is -0.379 e. The standard InChI is InChI=1S/C16H15N3O2S/c20-16(15-7-11-3-1-2-4-14(11)22-15)18-12-8-17-19(9-12)13-5-6-21-10-13/h1-4,7-9,13H,5-6,10H2,(H,18,20)/t13-/m0/s1. The minimum atomic E-state index is -0.0941. The van der Waals surface area contributed by atoms with Crippen molar-refractivity contribution < 1.29 is 9.53 Å². The normalized spacial score (nSPS) is 17.9. The molecule has 0 bridgehead atoms. The number of rotatable bonds is 3. The van der Waals surface area contributed by atoms with Crippen molar-refractivity contribution in [1.29, 1.82) is 0 Å². The molecule has 1 saturated heterocycles. The van der Waals surface area contributed by atoms with E-state index in [-0.39, 0.29) is 11.9 Å². The number of anilines is 1. The Morgan fingerprint density at radius 2 is 2.32 bits per heavy atom. The summed E-state index contributed by atoms with van der Waals surface area (Å²) < 4.78 is 8.34.